The molecule has 4 heteroatoms. The maximum atomic E-state index is 3.88. The number of nitrogens with zero attached hydrogens (tertiary/aromatic N) is 2. The second-order valence-corrected chi connectivity index (χ2v) is 17.0. The zero-order valence-corrected chi connectivity index (χ0v) is 35.1. The van der Waals surface area contributed by atoms with Crippen molar-refractivity contribution in [3.05, 3.63) is 212 Å². The highest BCUT2D eigenvalue weighted by molar-refractivity contribution is 6.73. The molecule has 0 amide bonds. The van der Waals surface area contributed by atoms with Crippen molar-refractivity contribution in [1.29, 1.82) is 0 Å². The summed E-state index contributed by atoms with van der Waals surface area (Å²) in [7, 11) is 4.63. The maximum Gasteiger partial charge on any atom is 0.197 e. The number of anilines is 7. The van der Waals surface area contributed by atoms with Crippen LogP contribution in [0.2, 0.25) is 0 Å². The van der Waals surface area contributed by atoms with Crippen molar-refractivity contribution in [2.45, 2.75) is 26.2 Å². The zero-order valence-electron chi connectivity index (χ0n) is 35.1. The molecule has 9 aromatic carbocycles. The first-order chi connectivity index (χ1) is 29.8. The van der Waals surface area contributed by atoms with E-state index >= 15 is 0 Å². The summed E-state index contributed by atoms with van der Waals surface area (Å²) in [6.07, 6.45) is 0. The Morgan fingerprint density at radius 2 is 1.07 bits per heavy atom. The first-order valence-corrected chi connectivity index (χ1v) is 21.1. The number of nitrogens with one attached hydrogen (secondary N) is 1. The lowest BCUT2D eigenvalue weighted by Crippen LogP contribution is -2.41. The SMILES string of the molecule is CN1c2ccc(-c3ccc(C(C)(C)C)cc3)cc2[B]c2c(-c3cc(N(c4ccccc4)c4ccccc4)ccc3Nc3ccc(-c4ccccc4)cc3)cc3ccccc3c21. The van der Waals surface area contributed by atoms with Gasteiger partial charge in [-0.25, -0.2) is 0 Å². The highest BCUT2D eigenvalue weighted by Crippen LogP contribution is 2.43. The topological polar surface area (TPSA) is 18.5 Å². The van der Waals surface area contributed by atoms with Crippen LogP contribution in [-0.4, -0.2) is 14.3 Å². The first kappa shape index (κ1) is 37.9. The molecule has 0 aliphatic carbocycles. The van der Waals surface area contributed by atoms with E-state index in [0.29, 0.717) is 0 Å². The summed E-state index contributed by atoms with van der Waals surface area (Å²) in [5, 5.41) is 6.30. The molecule has 0 aromatic heterocycles. The molecule has 0 bridgehead atoms. The average Bonchev–Trinajstić information content (AvgIpc) is 3.30. The van der Waals surface area contributed by atoms with Gasteiger partial charge in [0.15, 0.2) is 7.28 Å². The van der Waals surface area contributed by atoms with E-state index in [2.05, 4.69) is 256 Å². The second-order valence-electron chi connectivity index (χ2n) is 17.0. The summed E-state index contributed by atoms with van der Waals surface area (Å²) in [5.41, 5.74) is 18.6. The van der Waals surface area contributed by atoms with E-state index in [1.54, 1.807) is 0 Å². The van der Waals surface area contributed by atoms with Crippen molar-refractivity contribution in [3.63, 3.8) is 0 Å². The second kappa shape index (κ2) is 15.7. The molecule has 9 aromatic rings. The quantitative estimate of drug-likeness (QED) is 0.155. The van der Waals surface area contributed by atoms with Crippen LogP contribution < -0.4 is 26.0 Å². The van der Waals surface area contributed by atoms with E-state index in [0.717, 1.165) is 39.6 Å². The Morgan fingerprint density at radius 3 is 1.74 bits per heavy atom. The maximum absolute atomic E-state index is 3.88. The monoisotopic (exact) mass is 784 g/mol. The van der Waals surface area contributed by atoms with Crippen molar-refractivity contribution in [1.82, 2.24) is 0 Å². The van der Waals surface area contributed by atoms with Crippen LogP contribution in [-0.2, 0) is 5.41 Å². The molecule has 0 fully saturated rings. The van der Waals surface area contributed by atoms with E-state index in [1.165, 1.54) is 60.9 Å². The smallest absolute Gasteiger partial charge is 0.197 e. The Hall–Kier alpha value is -7.30. The van der Waals surface area contributed by atoms with Crippen LogP contribution in [0.1, 0.15) is 26.3 Å². The summed E-state index contributed by atoms with van der Waals surface area (Å²) in [6.45, 7) is 6.80. The molecular formula is C57H47BN3. The van der Waals surface area contributed by atoms with Crippen molar-refractivity contribution >= 4 is 68.8 Å². The van der Waals surface area contributed by atoms with Crippen LogP contribution in [0.15, 0.2) is 206 Å². The number of rotatable bonds is 8. The van der Waals surface area contributed by atoms with E-state index in [1.807, 2.05) is 0 Å². The fourth-order valence-corrected chi connectivity index (χ4v) is 8.81. The first-order valence-electron chi connectivity index (χ1n) is 21.1. The summed E-state index contributed by atoms with van der Waals surface area (Å²) >= 11 is 0. The molecule has 10 rings (SSSR count). The predicted molar refractivity (Wildman–Crippen MR) is 263 cm³/mol. The lowest BCUT2D eigenvalue weighted by atomic mass is 9.57. The molecule has 1 aliphatic heterocycles. The summed E-state index contributed by atoms with van der Waals surface area (Å²) in [4.78, 5) is 4.74. The normalized spacial score (nSPS) is 12.0. The molecule has 0 unspecified atom stereocenters. The third-order valence-electron chi connectivity index (χ3n) is 12.0. The van der Waals surface area contributed by atoms with Gasteiger partial charge in [-0.05, 0) is 116 Å². The molecule has 1 heterocycles. The van der Waals surface area contributed by atoms with Crippen LogP contribution >= 0.6 is 0 Å². The Bertz CT molecular complexity index is 2950. The molecule has 0 spiro atoms. The lowest BCUT2D eigenvalue weighted by molar-refractivity contribution is 0.590. The van der Waals surface area contributed by atoms with Crippen molar-refractivity contribution in [2.24, 2.45) is 0 Å². The fraction of sp³-hybridized carbons (Fsp3) is 0.0877. The minimum absolute atomic E-state index is 0.101. The van der Waals surface area contributed by atoms with Gasteiger partial charge >= 0.3 is 0 Å². The Labute approximate surface area is 360 Å². The Morgan fingerprint density at radius 1 is 0.492 bits per heavy atom. The van der Waals surface area contributed by atoms with Gasteiger partial charge in [0.05, 0.1) is 0 Å². The number of hydrogen-bond acceptors (Lipinski definition) is 3. The van der Waals surface area contributed by atoms with Gasteiger partial charge in [-0.2, -0.15) is 0 Å². The highest BCUT2D eigenvalue weighted by Gasteiger charge is 2.28. The fourth-order valence-electron chi connectivity index (χ4n) is 8.81. The summed E-state index contributed by atoms with van der Waals surface area (Å²) in [5.74, 6) is 0. The molecular weight excluding hydrogens is 737 g/mol. The summed E-state index contributed by atoms with van der Waals surface area (Å²) < 4.78 is 0. The van der Waals surface area contributed by atoms with E-state index < -0.39 is 0 Å². The minimum atomic E-state index is 0.101. The molecule has 1 N–H and O–H groups in total. The highest BCUT2D eigenvalue weighted by atomic mass is 15.1. The molecule has 3 nitrogen and oxygen atoms in total. The Balaban J connectivity index is 1.15. The van der Waals surface area contributed by atoms with Gasteiger partial charge in [-0.15, -0.1) is 0 Å². The molecule has 0 saturated carbocycles. The van der Waals surface area contributed by atoms with Crippen LogP contribution in [0.5, 0.6) is 0 Å². The molecule has 1 aliphatic rings. The lowest BCUT2D eigenvalue weighted by Gasteiger charge is -2.34. The van der Waals surface area contributed by atoms with Gasteiger partial charge in [-0.3, -0.25) is 0 Å². The van der Waals surface area contributed by atoms with Gasteiger partial charge < -0.3 is 15.1 Å². The number of para-hydroxylation sites is 2. The minimum Gasteiger partial charge on any atom is -0.355 e. The van der Waals surface area contributed by atoms with E-state index in [-0.39, 0.29) is 5.41 Å². The number of benzene rings is 9. The molecule has 0 atom stereocenters. The largest absolute Gasteiger partial charge is 0.355 e. The van der Waals surface area contributed by atoms with E-state index in [4.69, 9.17) is 0 Å². The van der Waals surface area contributed by atoms with Crippen molar-refractivity contribution in [3.8, 4) is 33.4 Å². The van der Waals surface area contributed by atoms with Crippen LogP contribution in [0.25, 0.3) is 44.2 Å². The van der Waals surface area contributed by atoms with E-state index in [9.17, 15) is 0 Å². The average molecular weight is 785 g/mol. The number of fused-ring (bicyclic) bond motifs is 4. The predicted octanol–water partition coefficient (Wildman–Crippen LogP) is 14.1. The number of hydrogen-bond donors (Lipinski definition) is 1. The molecule has 0 saturated heterocycles. The van der Waals surface area contributed by atoms with Crippen LogP contribution in [0.3, 0.4) is 0 Å². The summed E-state index contributed by atoms with van der Waals surface area (Å²) in [6, 6.07) is 74.6. The third kappa shape index (κ3) is 7.36. The van der Waals surface area contributed by atoms with Crippen molar-refractivity contribution in [2.75, 3.05) is 22.2 Å². The third-order valence-corrected chi connectivity index (χ3v) is 12.0. The molecule has 1 radical (unpaired) electrons. The van der Waals surface area contributed by atoms with Gasteiger partial charge in [0.1, 0.15) is 0 Å². The molecule has 61 heavy (non-hydrogen) atoms. The van der Waals surface area contributed by atoms with Gasteiger partial charge in [0.25, 0.3) is 0 Å². The Kier molecular flexibility index (Phi) is 9.77. The van der Waals surface area contributed by atoms with Crippen molar-refractivity contribution < 1.29 is 0 Å². The standard InChI is InChI=1S/C57H47BN3/c1-57(2,3)44-29-24-41(25-30-44)42-28-35-54-52(37-42)58-55-51(36-43-18-14-15-23-49(43)56(55)60(54)4)50-38-48(61(46-19-10-6-11-20-46)47-21-12-7-13-22-47)33-34-53(50)59-45-31-26-40(27-32-45)39-16-8-5-9-17-39/h5-38,59H,1-4H3. The van der Waals surface area contributed by atoms with Crippen LogP contribution in [0, 0.1) is 0 Å². The molecule has 293 valence electrons. The zero-order chi connectivity index (χ0) is 41.5. The van der Waals surface area contributed by atoms with Gasteiger partial charge in [-0.1, -0.05) is 166 Å². The van der Waals surface area contributed by atoms with Gasteiger partial charge in [0, 0.05) is 57.8 Å². The van der Waals surface area contributed by atoms with Gasteiger partial charge in [0.2, 0.25) is 0 Å². The van der Waals surface area contributed by atoms with Crippen LogP contribution in [0.4, 0.5) is 39.8 Å².